The molecular weight excluding hydrogens is 460 g/mol. The Morgan fingerprint density at radius 3 is 2.46 bits per heavy atom. The maximum atomic E-state index is 12.9. The molecule has 0 aliphatic rings. The van der Waals surface area contributed by atoms with Crippen LogP contribution in [-0.2, 0) is 11.4 Å². The molecule has 0 spiro atoms. The van der Waals surface area contributed by atoms with E-state index in [0.717, 1.165) is 16.3 Å². The van der Waals surface area contributed by atoms with E-state index in [9.17, 15) is 10.1 Å². The Bertz CT molecular complexity index is 1420. The van der Waals surface area contributed by atoms with Crippen molar-refractivity contribution < 1.29 is 14.3 Å². The van der Waals surface area contributed by atoms with Crippen molar-refractivity contribution in [2.45, 2.75) is 13.5 Å². The minimum Gasteiger partial charge on any atom is -0.494 e. The fourth-order valence-corrected chi connectivity index (χ4v) is 3.80. The highest BCUT2D eigenvalue weighted by atomic mass is 35.5. The second kappa shape index (κ2) is 11.2. The van der Waals surface area contributed by atoms with Gasteiger partial charge in [-0.25, -0.2) is 0 Å². The van der Waals surface area contributed by atoms with Crippen LogP contribution in [0.3, 0.4) is 0 Å². The Morgan fingerprint density at radius 1 is 0.971 bits per heavy atom. The number of hydrogen-bond donors (Lipinski definition) is 1. The van der Waals surface area contributed by atoms with Gasteiger partial charge < -0.3 is 14.8 Å². The number of nitrogens with one attached hydrogen (secondary N) is 1. The summed E-state index contributed by atoms with van der Waals surface area (Å²) in [5.41, 5.74) is 2.00. The molecule has 0 bridgehead atoms. The third-order valence-electron chi connectivity index (χ3n) is 5.35. The first-order chi connectivity index (χ1) is 17.1. The molecule has 5 nitrogen and oxygen atoms in total. The highest BCUT2D eigenvalue weighted by Crippen LogP contribution is 2.31. The third kappa shape index (κ3) is 5.81. The van der Waals surface area contributed by atoms with E-state index in [0.29, 0.717) is 34.4 Å². The molecule has 1 N–H and O–H groups in total. The summed E-state index contributed by atoms with van der Waals surface area (Å²) in [4.78, 5) is 12.9. The third-order valence-corrected chi connectivity index (χ3v) is 5.72. The normalized spacial score (nSPS) is 11.1. The molecule has 0 aliphatic carbocycles. The van der Waals surface area contributed by atoms with Gasteiger partial charge in [-0.2, -0.15) is 5.26 Å². The van der Waals surface area contributed by atoms with E-state index in [1.54, 1.807) is 36.4 Å². The zero-order valence-corrected chi connectivity index (χ0v) is 19.9. The first-order valence-corrected chi connectivity index (χ1v) is 11.5. The van der Waals surface area contributed by atoms with Gasteiger partial charge in [0.1, 0.15) is 29.7 Å². The van der Waals surface area contributed by atoms with Crippen molar-refractivity contribution in [2.24, 2.45) is 0 Å². The summed E-state index contributed by atoms with van der Waals surface area (Å²) in [6, 6.07) is 28.0. The van der Waals surface area contributed by atoms with Crippen molar-refractivity contribution in [3.8, 4) is 17.6 Å². The van der Waals surface area contributed by atoms with Gasteiger partial charge in [-0.05, 0) is 60.2 Å². The molecule has 0 heterocycles. The van der Waals surface area contributed by atoms with Crippen LogP contribution in [0.4, 0.5) is 5.69 Å². The lowest BCUT2D eigenvalue weighted by atomic mass is 10.0. The van der Waals surface area contributed by atoms with Crippen molar-refractivity contribution >= 4 is 40.0 Å². The van der Waals surface area contributed by atoms with Crippen molar-refractivity contribution in [3.05, 3.63) is 107 Å². The second-order valence-corrected chi connectivity index (χ2v) is 8.07. The number of rotatable bonds is 8. The lowest BCUT2D eigenvalue weighted by Crippen LogP contribution is -2.13. The predicted octanol–water partition coefficient (Wildman–Crippen LogP) is 7.02. The summed E-state index contributed by atoms with van der Waals surface area (Å²) in [5, 5.41) is 15.0. The van der Waals surface area contributed by atoms with Gasteiger partial charge in [-0.15, -0.1) is 0 Å². The molecule has 1 amide bonds. The number of hydrogen-bond acceptors (Lipinski definition) is 4. The van der Waals surface area contributed by atoms with Gasteiger partial charge in [-0.1, -0.05) is 60.1 Å². The van der Waals surface area contributed by atoms with E-state index in [4.69, 9.17) is 21.1 Å². The van der Waals surface area contributed by atoms with Crippen LogP contribution in [-0.4, -0.2) is 12.5 Å². The Kier molecular flexibility index (Phi) is 7.67. The van der Waals surface area contributed by atoms with E-state index < -0.39 is 5.91 Å². The maximum absolute atomic E-state index is 12.9. The highest BCUT2D eigenvalue weighted by molar-refractivity contribution is 6.31. The van der Waals surface area contributed by atoms with Gasteiger partial charge in [0.2, 0.25) is 0 Å². The quantitative estimate of drug-likeness (QED) is 0.216. The molecule has 4 rings (SSSR count). The van der Waals surface area contributed by atoms with Crippen LogP contribution in [0.25, 0.3) is 16.8 Å². The lowest BCUT2D eigenvalue weighted by Gasteiger charge is -2.13. The van der Waals surface area contributed by atoms with E-state index in [-0.39, 0.29) is 12.2 Å². The molecule has 0 fully saturated rings. The maximum Gasteiger partial charge on any atom is 0.266 e. The Balaban J connectivity index is 1.65. The average molecular weight is 483 g/mol. The highest BCUT2D eigenvalue weighted by Gasteiger charge is 2.14. The van der Waals surface area contributed by atoms with Gasteiger partial charge in [0.05, 0.1) is 6.61 Å². The fraction of sp³-hybridized carbons (Fsp3) is 0.103. The minimum absolute atomic E-state index is 0.0437. The Hall–Kier alpha value is -4.27. The van der Waals surface area contributed by atoms with Gasteiger partial charge in [0.15, 0.2) is 0 Å². The molecule has 0 aromatic heterocycles. The number of halogens is 1. The van der Waals surface area contributed by atoms with Gasteiger partial charge in [-0.3, -0.25) is 4.79 Å². The molecule has 0 atom stereocenters. The van der Waals surface area contributed by atoms with E-state index in [1.165, 1.54) is 0 Å². The summed E-state index contributed by atoms with van der Waals surface area (Å²) in [6.45, 7) is 2.71. The minimum atomic E-state index is -0.512. The Labute approximate surface area is 209 Å². The predicted molar refractivity (Wildman–Crippen MR) is 140 cm³/mol. The van der Waals surface area contributed by atoms with Crippen LogP contribution in [0.15, 0.2) is 90.5 Å². The van der Waals surface area contributed by atoms with E-state index >= 15 is 0 Å². The molecule has 0 saturated heterocycles. The number of nitriles is 1. The molecule has 0 aliphatic heterocycles. The Morgan fingerprint density at radius 2 is 1.71 bits per heavy atom. The summed E-state index contributed by atoms with van der Waals surface area (Å²) >= 11 is 6.28. The zero-order chi connectivity index (χ0) is 24.6. The number of benzene rings is 4. The number of amides is 1. The summed E-state index contributed by atoms with van der Waals surface area (Å²) < 4.78 is 11.5. The number of carbonyl (C=O) groups is 1. The SMILES string of the molecule is CCOc1ccc(NC(=O)/C(C#N)=C\c2c(OCc3ccccc3Cl)ccc3ccccc23)cc1. The van der Waals surface area contributed by atoms with E-state index in [2.05, 4.69) is 5.32 Å². The van der Waals surface area contributed by atoms with Crippen molar-refractivity contribution in [3.63, 3.8) is 0 Å². The first-order valence-electron chi connectivity index (χ1n) is 11.1. The summed E-state index contributed by atoms with van der Waals surface area (Å²) in [7, 11) is 0. The molecule has 35 heavy (non-hydrogen) atoms. The van der Waals surface area contributed by atoms with Crippen LogP contribution in [0.5, 0.6) is 11.5 Å². The fourth-order valence-electron chi connectivity index (χ4n) is 3.61. The molecule has 0 saturated carbocycles. The first kappa shape index (κ1) is 23.9. The number of carbonyl (C=O) groups excluding carboxylic acids is 1. The topological polar surface area (TPSA) is 71.3 Å². The lowest BCUT2D eigenvalue weighted by molar-refractivity contribution is -0.112. The number of ether oxygens (including phenoxy) is 2. The molecule has 6 heteroatoms. The number of anilines is 1. The van der Waals surface area contributed by atoms with Crippen LogP contribution in [0.1, 0.15) is 18.1 Å². The van der Waals surface area contributed by atoms with Gasteiger partial charge >= 0.3 is 0 Å². The number of nitrogens with zero attached hydrogens (tertiary/aromatic N) is 1. The van der Waals surface area contributed by atoms with Gasteiger partial charge in [0.25, 0.3) is 5.91 Å². The van der Waals surface area contributed by atoms with Crippen molar-refractivity contribution in [1.29, 1.82) is 5.26 Å². The average Bonchev–Trinajstić information content (AvgIpc) is 2.88. The molecule has 0 radical (unpaired) electrons. The standard InChI is InChI=1S/C29H23ClN2O3/c1-2-34-24-14-12-23(13-15-24)32-29(33)22(18-31)17-26-25-9-5-3-7-20(25)11-16-28(26)35-19-21-8-4-6-10-27(21)30/h3-17H,2,19H2,1H3,(H,32,33)/b22-17-. The smallest absolute Gasteiger partial charge is 0.266 e. The summed E-state index contributed by atoms with van der Waals surface area (Å²) in [5.74, 6) is 0.740. The van der Waals surface area contributed by atoms with Crippen molar-refractivity contribution in [1.82, 2.24) is 0 Å². The monoisotopic (exact) mass is 482 g/mol. The molecular formula is C29H23ClN2O3. The molecule has 4 aromatic rings. The van der Waals surface area contributed by atoms with E-state index in [1.807, 2.05) is 67.6 Å². The second-order valence-electron chi connectivity index (χ2n) is 7.66. The summed E-state index contributed by atoms with van der Waals surface area (Å²) in [6.07, 6.45) is 1.56. The molecule has 4 aromatic carbocycles. The van der Waals surface area contributed by atoms with Crippen LogP contribution >= 0.6 is 11.6 Å². The van der Waals surface area contributed by atoms with Gasteiger partial charge in [0, 0.05) is 21.8 Å². The molecule has 174 valence electrons. The van der Waals surface area contributed by atoms with Crippen LogP contribution in [0, 0.1) is 11.3 Å². The zero-order valence-electron chi connectivity index (χ0n) is 19.1. The van der Waals surface area contributed by atoms with Crippen LogP contribution in [0.2, 0.25) is 5.02 Å². The van der Waals surface area contributed by atoms with Crippen LogP contribution < -0.4 is 14.8 Å². The largest absolute Gasteiger partial charge is 0.494 e. The molecule has 0 unspecified atom stereocenters. The van der Waals surface area contributed by atoms with Crippen molar-refractivity contribution in [2.75, 3.05) is 11.9 Å². The number of fused-ring (bicyclic) bond motifs is 1.